The van der Waals surface area contributed by atoms with Crippen molar-refractivity contribution in [3.63, 3.8) is 0 Å². The van der Waals surface area contributed by atoms with Gasteiger partial charge in [0.2, 0.25) is 0 Å². The van der Waals surface area contributed by atoms with E-state index in [0.717, 1.165) is 40.5 Å². The van der Waals surface area contributed by atoms with Crippen molar-refractivity contribution in [1.82, 2.24) is 0 Å². The number of rotatable bonds is 1. The molecule has 5 rings (SSSR count). The summed E-state index contributed by atoms with van der Waals surface area (Å²) in [5, 5.41) is 0.778. The lowest BCUT2D eigenvalue weighted by Gasteiger charge is -2.21. The van der Waals surface area contributed by atoms with Crippen molar-refractivity contribution in [2.75, 3.05) is 11.4 Å². The fourth-order valence-electron chi connectivity index (χ4n) is 3.71. The molecule has 0 saturated heterocycles. The molecule has 0 radical (unpaired) electrons. The van der Waals surface area contributed by atoms with Crippen LogP contribution in [0.15, 0.2) is 71.7 Å². The fraction of sp³-hybridized carbons (Fsp3) is 0.0952. The van der Waals surface area contributed by atoms with Gasteiger partial charge in [-0.3, -0.25) is 0 Å². The predicted molar refractivity (Wildman–Crippen MR) is 108 cm³/mol. The second-order valence-electron chi connectivity index (χ2n) is 6.18. The standard InChI is InChI=1S/C21H15ClN2.ClH/c22-16-12-15-10-11-24-19-9-5-4-8-18(19)23-20(17(13-16)21(15)24)14-6-2-1-3-7-14;/h1-9,12-13H,10-11H2;1H. The molecule has 0 bridgehead atoms. The second kappa shape index (κ2) is 6.21. The van der Waals surface area contributed by atoms with Crippen LogP contribution in [-0.2, 0) is 6.42 Å². The molecule has 0 aromatic heterocycles. The summed E-state index contributed by atoms with van der Waals surface area (Å²) >= 11 is 6.42. The third kappa shape index (κ3) is 2.53. The van der Waals surface area contributed by atoms with Crippen molar-refractivity contribution in [1.29, 1.82) is 0 Å². The van der Waals surface area contributed by atoms with Crippen LogP contribution in [0.5, 0.6) is 0 Å². The third-order valence-electron chi connectivity index (χ3n) is 4.74. The number of benzene rings is 3. The first-order chi connectivity index (χ1) is 11.8. The largest absolute Gasteiger partial charge is 0.339 e. The van der Waals surface area contributed by atoms with Crippen molar-refractivity contribution >= 4 is 46.8 Å². The van der Waals surface area contributed by atoms with Crippen molar-refractivity contribution < 1.29 is 0 Å². The van der Waals surface area contributed by atoms with Gasteiger partial charge in [-0.1, -0.05) is 54.1 Å². The fourth-order valence-corrected chi connectivity index (χ4v) is 3.96. The molecule has 2 aliphatic heterocycles. The van der Waals surface area contributed by atoms with E-state index < -0.39 is 0 Å². The molecule has 0 atom stereocenters. The van der Waals surface area contributed by atoms with E-state index in [1.807, 2.05) is 12.1 Å². The first-order valence-corrected chi connectivity index (χ1v) is 8.52. The van der Waals surface area contributed by atoms with Gasteiger partial charge >= 0.3 is 0 Å². The lowest BCUT2D eigenvalue weighted by molar-refractivity contribution is 0.999. The van der Waals surface area contributed by atoms with Crippen molar-refractivity contribution in [2.45, 2.75) is 6.42 Å². The number of anilines is 2. The number of hydrogen-bond donors (Lipinski definition) is 0. The van der Waals surface area contributed by atoms with E-state index in [0.29, 0.717) is 0 Å². The molecule has 0 amide bonds. The van der Waals surface area contributed by atoms with Crippen LogP contribution >= 0.6 is 24.0 Å². The number of nitrogens with zero attached hydrogens (tertiary/aromatic N) is 2. The highest BCUT2D eigenvalue weighted by molar-refractivity contribution is 6.32. The van der Waals surface area contributed by atoms with Crippen molar-refractivity contribution in [3.05, 3.63) is 88.4 Å². The van der Waals surface area contributed by atoms with Crippen LogP contribution in [0.3, 0.4) is 0 Å². The molecule has 0 saturated carbocycles. The van der Waals surface area contributed by atoms with E-state index in [1.54, 1.807) is 0 Å². The van der Waals surface area contributed by atoms with Gasteiger partial charge in [0, 0.05) is 22.7 Å². The maximum Gasteiger partial charge on any atom is 0.0874 e. The molecule has 2 aliphatic rings. The van der Waals surface area contributed by atoms with Gasteiger partial charge in [0.05, 0.1) is 22.8 Å². The number of fused-ring (bicyclic) bond motifs is 2. The SMILES string of the molecule is Cl.Clc1cc2c3c(c1)C(c1ccccc1)=Nc1ccccc1N3CC2. The highest BCUT2D eigenvalue weighted by atomic mass is 35.5. The van der Waals surface area contributed by atoms with Crippen molar-refractivity contribution in [3.8, 4) is 0 Å². The lowest BCUT2D eigenvalue weighted by atomic mass is 9.98. The Labute approximate surface area is 158 Å². The molecular formula is C21H16Cl2N2. The van der Waals surface area contributed by atoms with E-state index >= 15 is 0 Å². The van der Waals surface area contributed by atoms with Gasteiger partial charge in [-0.05, 0) is 36.2 Å². The maximum atomic E-state index is 6.42. The van der Waals surface area contributed by atoms with E-state index in [2.05, 4.69) is 59.5 Å². The monoisotopic (exact) mass is 366 g/mol. The second-order valence-corrected chi connectivity index (χ2v) is 6.61. The zero-order valence-corrected chi connectivity index (χ0v) is 15.0. The molecule has 124 valence electrons. The van der Waals surface area contributed by atoms with Gasteiger partial charge in [0.15, 0.2) is 0 Å². The first-order valence-electron chi connectivity index (χ1n) is 8.15. The topological polar surface area (TPSA) is 15.6 Å². The van der Waals surface area contributed by atoms with Crippen LogP contribution in [-0.4, -0.2) is 12.3 Å². The molecular weight excluding hydrogens is 351 g/mol. The van der Waals surface area contributed by atoms with Gasteiger partial charge in [-0.2, -0.15) is 0 Å². The molecule has 3 aromatic carbocycles. The Morgan fingerprint density at radius 3 is 2.52 bits per heavy atom. The predicted octanol–water partition coefficient (Wildman–Crippen LogP) is 5.94. The lowest BCUT2D eigenvalue weighted by Crippen LogP contribution is -2.15. The summed E-state index contributed by atoms with van der Waals surface area (Å²) in [6.45, 7) is 0.970. The number of halogens is 2. The van der Waals surface area contributed by atoms with E-state index in [-0.39, 0.29) is 12.4 Å². The van der Waals surface area contributed by atoms with Crippen LogP contribution < -0.4 is 4.90 Å². The van der Waals surface area contributed by atoms with Crippen molar-refractivity contribution in [2.24, 2.45) is 4.99 Å². The van der Waals surface area contributed by atoms with Gasteiger partial charge in [0.25, 0.3) is 0 Å². The minimum Gasteiger partial charge on any atom is -0.339 e. The quantitative estimate of drug-likeness (QED) is 0.520. The van der Waals surface area contributed by atoms with Crippen LogP contribution in [0.4, 0.5) is 17.1 Å². The molecule has 25 heavy (non-hydrogen) atoms. The number of hydrogen-bond acceptors (Lipinski definition) is 2. The molecule has 0 fully saturated rings. The van der Waals surface area contributed by atoms with E-state index in [9.17, 15) is 0 Å². The summed E-state index contributed by atoms with van der Waals surface area (Å²) < 4.78 is 0. The molecule has 0 N–H and O–H groups in total. The summed E-state index contributed by atoms with van der Waals surface area (Å²) in [6, 6.07) is 22.9. The van der Waals surface area contributed by atoms with Gasteiger partial charge in [0.1, 0.15) is 0 Å². The molecule has 2 nitrogen and oxygen atoms in total. The molecule has 2 heterocycles. The highest BCUT2D eigenvalue weighted by Gasteiger charge is 2.30. The zero-order chi connectivity index (χ0) is 16.1. The molecule has 0 unspecified atom stereocenters. The average Bonchev–Trinajstić information content (AvgIpc) is 2.97. The Morgan fingerprint density at radius 1 is 0.920 bits per heavy atom. The smallest absolute Gasteiger partial charge is 0.0874 e. The van der Waals surface area contributed by atoms with Crippen LogP contribution in [0.2, 0.25) is 5.02 Å². The van der Waals surface area contributed by atoms with Gasteiger partial charge in [-0.15, -0.1) is 12.4 Å². The number of para-hydroxylation sites is 2. The summed E-state index contributed by atoms with van der Waals surface area (Å²) in [7, 11) is 0. The van der Waals surface area contributed by atoms with Gasteiger partial charge < -0.3 is 4.90 Å². The third-order valence-corrected chi connectivity index (χ3v) is 4.95. The molecule has 3 aromatic rings. The van der Waals surface area contributed by atoms with Crippen LogP contribution in [0.25, 0.3) is 0 Å². The van der Waals surface area contributed by atoms with Gasteiger partial charge in [-0.25, -0.2) is 4.99 Å². The van der Waals surface area contributed by atoms with E-state index in [4.69, 9.17) is 16.6 Å². The van der Waals surface area contributed by atoms with Crippen LogP contribution in [0, 0.1) is 0 Å². The minimum atomic E-state index is 0. The molecule has 0 aliphatic carbocycles. The Kier molecular flexibility index (Phi) is 4.03. The summed E-state index contributed by atoms with van der Waals surface area (Å²) in [5.74, 6) is 0. The molecule has 4 heteroatoms. The zero-order valence-electron chi connectivity index (χ0n) is 13.4. The maximum absolute atomic E-state index is 6.42. The summed E-state index contributed by atoms with van der Waals surface area (Å²) in [4.78, 5) is 7.42. The summed E-state index contributed by atoms with van der Waals surface area (Å²) in [6.07, 6.45) is 1.01. The minimum absolute atomic E-state index is 0. The average molecular weight is 367 g/mol. The normalized spacial score (nSPS) is 14.1. The summed E-state index contributed by atoms with van der Waals surface area (Å²) in [5.41, 5.74) is 7.97. The van der Waals surface area contributed by atoms with E-state index in [1.165, 1.54) is 16.9 Å². The Balaban J connectivity index is 0.00000157. The molecule has 0 spiro atoms. The highest BCUT2D eigenvalue weighted by Crippen LogP contribution is 2.46. The first kappa shape index (κ1) is 16.2. The Bertz CT molecular complexity index is 980. The Morgan fingerprint density at radius 2 is 1.68 bits per heavy atom. The van der Waals surface area contributed by atoms with Crippen LogP contribution in [0.1, 0.15) is 16.7 Å². The number of aliphatic imine (C=N–C) groups is 1. The Hall–Kier alpha value is -2.29.